The lowest BCUT2D eigenvalue weighted by molar-refractivity contribution is 1.18. The van der Waals surface area contributed by atoms with Crippen LogP contribution in [0.4, 0.5) is 0 Å². The number of para-hydroxylation sites is 5. The van der Waals surface area contributed by atoms with Crippen molar-refractivity contribution in [2.45, 2.75) is 0 Å². The van der Waals surface area contributed by atoms with E-state index in [1.165, 1.54) is 282 Å². The molecule has 0 aliphatic heterocycles. The molecule has 148 heavy (non-hydrogen) atoms. The van der Waals surface area contributed by atoms with Crippen molar-refractivity contribution in [3.05, 3.63) is 473 Å². The van der Waals surface area contributed by atoms with Crippen LogP contribution in [0.3, 0.4) is 0 Å². The summed E-state index contributed by atoms with van der Waals surface area (Å²) in [6, 6.07) is 170. The largest absolute Gasteiger partial charge is 0.307 e. The van der Waals surface area contributed by atoms with Gasteiger partial charge in [0.05, 0.1) is 83.1 Å². The average Bonchev–Trinajstić information content (AvgIpc) is 1.53. The molecule has 37 aromatic rings. The predicted molar refractivity (Wildman–Crippen MR) is 626 cm³/mol. The first kappa shape index (κ1) is 79.8. The maximum Gasteiger partial charge on any atom is 0.162 e. The minimum absolute atomic E-state index is 0.733. The third-order valence-corrected chi connectivity index (χ3v) is 33.0. The lowest BCUT2D eigenvalue weighted by Gasteiger charge is -2.13. The molecule has 37 rings (SSSR count). The number of nitrogens with zero attached hydrogens (tertiary/aromatic N) is 8. The van der Waals surface area contributed by atoms with Crippen molar-refractivity contribution in [2.24, 2.45) is 0 Å². The SMILES string of the molecule is c1ccc(-c2cc(-c3ccccc3)nc(-c3ccc4c5ccccc5c5ccc6c7ccccc7n7c3c4c5c67)n2)cc1.c1ccc2c(-c3ccc4c5ccccc5c5ccc6c7ccccc7n7c3c4c5c67)cccc2c1.c1ccc2cc(-c3ccc4c5ccccc5c5ccc6c7ccccc7n7c3c4c5c67)ccc2c1.c1ccc2nc(-c3ccc4c5ccccc5c5ccc6c7ccccc7n7c3c4c5c67)ncc2c1. The van der Waals surface area contributed by atoms with E-state index in [4.69, 9.17) is 19.9 Å². The monoisotopic (exact) mass is 1870 g/mol. The van der Waals surface area contributed by atoms with Crippen LogP contribution >= 0.6 is 0 Å². The number of rotatable bonds is 6. The standard InChI is InChI=1S/C40H23N3.2C34H19N.C32H17N3/c1-3-11-24(12-4-1)33-23-34(25-13-5-2-6-14-25)42-40(41-33)32-22-20-30-27-16-8-7-15-26(27)29-19-21-31-28-17-9-10-18-35(28)43-38(31)36(29)37(30)39(32)43;1-2-10-21-20(8-1)9-7-14-22(21)28-18-16-26-23-11-3-4-12-24(23)27-17-19-29-25-13-5-6-15-30(25)35-33(28)31(26)32(27)34(29)35;1-2-8-21-19-22(14-13-20(21)7-1)23-15-16-27-24-9-3-4-10-25(24)28-17-18-29-26-11-5-6-12-30(26)35-33(23)31(27)32(28)34(29)35;1-5-11-26-18(7-1)17-33-32(34-26)25-16-14-23-20-9-3-2-8-19(20)22-13-15-24-21-10-4-6-12-27(21)35-30(24)28(22)29(23)31(25)35/h1-23H;2*1-19H;1-17H. The van der Waals surface area contributed by atoms with E-state index in [0.29, 0.717) is 0 Å². The van der Waals surface area contributed by atoms with E-state index in [-0.39, 0.29) is 0 Å². The molecule has 0 saturated carbocycles. The molecule has 8 heteroatoms. The molecule has 0 aliphatic carbocycles. The van der Waals surface area contributed by atoms with Crippen molar-refractivity contribution in [3.8, 4) is 67.5 Å². The third-order valence-electron chi connectivity index (χ3n) is 33.0. The molecule has 0 N–H and O–H groups in total. The zero-order chi connectivity index (χ0) is 96.1. The lowest BCUT2D eigenvalue weighted by Crippen LogP contribution is -1.97. The number of benzene rings is 27. The number of hydrogen-bond acceptors (Lipinski definition) is 4. The molecule has 0 atom stereocenters. The summed E-state index contributed by atoms with van der Waals surface area (Å²) >= 11 is 0. The van der Waals surface area contributed by atoms with Gasteiger partial charge in [-0.2, -0.15) is 0 Å². The maximum atomic E-state index is 5.26. The predicted octanol–water partition coefficient (Wildman–Crippen LogP) is 37.4. The third kappa shape index (κ3) is 10.7. The van der Waals surface area contributed by atoms with Gasteiger partial charge in [-0.3, -0.25) is 0 Å². The highest BCUT2D eigenvalue weighted by molar-refractivity contribution is 6.45. The Balaban J connectivity index is 0.0000000846. The molecule has 0 saturated heterocycles. The van der Waals surface area contributed by atoms with Crippen LogP contribution in [0.5, 0.6) is 0 Å². The van der Waals surface area contributed by atoms with E-state index in [2.05, 4.69) is 460 Å². The molecule has 8 nitrogen and oxygen atoms in total. The number of fused-ring (bicyclic) bond motifs is 31. The summed E-state index contributed by atoms with van der Waals surface area (Å²) in [7, 11) is 0. The van der Waals surface area contributed by atoms with Gasteiger partial charge in [0.1, 0.15) is 0 Å². The summed E-state index contributed by atoms with van der Waals surface area (Å²) in [6.07, 6.45) is 1.94. The first-order chi connectivity index (χ1) is 73.5. The molecule has 0 amide bonds. The molecule has 10 heterocycles. The minimum Gasteiger partial charge on any atom is -0.307 e. The second kappa shape index (κ2) is 29.9. The van der Waals surface area contributed by atoms with Crippen molar-refractivity contribution >= 4 is 271 Å². The zero-order valence-corrected chi connectivity index (χ0v) is 79.6. The molecule has 0 fully saturated rings. The summed E-state index contributed by atoms with van der Waals surface area (Å²) in [5.41, 5.74) is 27.5. The van der Waals surface area contributed by atoms with E-state index < -0.39 is 0 Å². The second-order valence-electron chi connectivity index (χ2n) is 40.2. The highest BCUT2D eigenvalue weighted by Gasteiger charge is 2.33. The average molecular weight is 1870 g/mol. The van der Waals surface area contributed by atoms with Crippen LogP contribution in [0.15, 0.2) is 473 Å². The summed E-state index contributed by atoms with van der Waals surface area (Å²) in [6.45, 7) is 0. The Bertz CT molecular complexity index is 11800. The lowest BCUT2D eigenvalue weighted by atomic mass is 9.90. The van der Waals surface area contributed by atoms with Gasteiger partial charge in [-0.25, -0.2) is 19.9 Å². The van der Waals surface area contributed by atoms with E-state index in [1.807, 2.05) is 30.5 Å². The fourth-order valence-electron chi connectivity index (χ4n) is 26.9. The Hall–Kier alpha value is -19.8. The molecule has 27 aromatic carbocycles. The van der Waals surface area contributed by atoms with Crippen LogP contribution in [0, 0.1) is 0 Å². The van der Waals surface area contributed by atoms with Crippen LogP contribution in [0.25, 0.3) is 339 Å². The van der Waals surface area contributed by atoms with E-state index in [1.54, 1.807) is 0 Å². The van der Waals surface area contributed by atoms with Gasteiger partial charge >= 0.3 is 0 Å². The van der Waals surface area contributed by atoms with Gasteiger partial charge in [0.15, 0.2) is 11.6 Å². The van der Waals surface area contributed by atoms with Crippen molar-refractivity contribution in [1.82, 2.24) is 37.5 Å². The van der Waals surface area contributed by atoms with Crippen LogP contribution < -0.4 is 0 Å². The fraction of sp³-hybridized carbons (Fsp3) is 0. The van der Waals surface area contributed by atoms with Crippen LogP contribution in [-0.4, -0.2) is 37.5 Å². The van der Waals surface area contributed by atoms with Gasteiger partial charge in [0.25, 0.3) is 0 Å². The zero-order valence-electron chi connectivity index (χ0n) is 79.6. The highest BCUT2D eigenvalue weighted by Crippen LogP contribution is 2.57. The first-order valence-corrected chi connectivity index (χ1v) is 51.1. The molecular formula is C140H78N8. The first-order valence-electron chi connectivity index (χ1n) is 51.1. The van der Waals surface area contributed by atoms with E-state index >= 15 is 0 Å². The summed E-state index contributed by atoms with van der Waals surface area (Å²) in [4.78, 5) is 20.4. The summed E-state index contributed by atoms with van der Waals surface area (Å²) in [5.74, 6) is 1.50. The second-order valence-corrected chi connectivity index (χ2v) is 40.2. The highest BCUT2D eigenvalue weighted by atomic mass is 15.0. The van der Waals surface area contributed by atoms with Gasteiger partial charge < -0.3 is 17.6 Å². The normalized spacial score (nSPS) is 12.5. The molecule has 10 aromatic heterocycles. The van der Waals surface area contributed by atoms with Gasteiger partial charge in [-0.15, -0.1) is 0 Å². The summed E-state index contributed by atoms with van der Waals surface area (Å²) in [5, 5.41) is 48.4. The molecule has 0 unspecified atom stereocenters. The fourth-order valence-corrected chi connectivity index (χ4v) is 26.9. The Kier molecular flexibility index (Phi) is 16.1. The van der Waals surface area contributed by atoms with E-state index in [9.17, 15) is 0 Å². The van der Waals surface area contributed by atoms with Crippen LogP contribution in [-0.2, 0) is 0 Å². The minimum atomic E-state index is 0.733. The van der Waals surface area contributed by atoms with Crippen molar-refractivity contribution in [3.63, 3.8) is 0 Å². The van der Waals surface area contributed by atoms with Crippen molar-refractivity contribution in [1.29, 1.82) is 0 Å². The van der Waals surface area contributed by atoms with Gasteiger partial charge in [-0.05, 0) is 173 Å². The van der Waals surface area contributed by atoms with Crippen LogP contribution in [0.2, 0.25) is 0 Å². The number of hydrogen-bond donors (Lipinski definition) is 0. The maximum absolute atomic E-state index is 5.26. The smallest absolute Gasteiger partial charge is 0.162 e. The van der Waals surface area contributed by atoms with E-state index in [0.717, 1.165) is 56.2 Å². The Morgan fingerprint density at radius 3 is 0.845 bits per heavy atom. The number of aromatic nitrogens is 8. The molecule has 0 aliphatic rings. The van der Waals surface area contributed by atoms with Gasteiger partial charge in [-0.1, -0.05) is 413 Å². The quantitative estimate of drug-likeness (QED) is 0.156. The van der Waals surface area contributed by atoms with Crippen molar-refractivity contribution in [2.75, 3.05) is 0 Å². The molecule has 0 radical (unpaired) electrons. The topological polar surface area (TPSA) is 69.2 Å². The molecule has 0 spiro atoms. The molecule has 0 bridgehead atoms. The van der Waals surface area contributed by atoms with Crippen LogP contribution in [0.1, 0.15) is 0 Å². The Morgan fingerprint density at radius 1 is 0.142 bits per heavy atom. The van der Waals surface area contributed by atoms with Crippen molar-refractivity contribution < 1.29 is 0 Å². The summed E-state index contributed by atoms with van der Waals surface area (Å²) < 4.78 is 10.0. The Labute approximate surface area is 843 Å². The Morgan fingerprint density at radius 2 is 0.432 bits per heavy atom. The molecular weight excluding hydrogens is 1790 g/mol. The van der Waals surface area contributed by atoms with Gasteiger partial charge in [0, 0.05) is 131 Å². The van der Waals surface area contributed by atoms with Gasteiger partial charge in [0.2, 0.25) is 0 Å². The molecule has 678 valence electrons.